The van der Waals surface area contributed by atoms with Gasteiger partial charge in [-0.25, -0.2) is 17.7 Å². The van der Waals surface area contributed by atoms with Crippen molar-refractivity contribution >= 4 is 42.6 Å². The molecule has 1 amide bonds. The van der Waals surface area contributed by atoms with Crippen LogP contribution < -0.4 is 9.64 Å². The number of sulfonamides is 1. The summed E-state index contributed by atoms with van der Waals surface area (Å²) in [6.07, 6.45) is 0.627. The number of para-hydroxylation sites is 1. The highest BCUT2D eigenvalue weighted by Gasteiger charge is 2.27. The number of methoxy groups -OCH3 is 1. The number of ether oxygens (including phenoxy) is 1. The smallest absolute Gasteiger partial charge is 0.260 e. The molecule has 1 aromatic heterocycles. The number of thiazole rings is 1. The number of amides is 1. The standard InChI is InChI=1S/C25H25N3O4S2/c1-27(2)34(30,31)23-17-19(13-14-21(23)32-3)24(29)28(16-15-18-9-5-4-6-10-18)25-26-20-11-7-8-12-22(20)33-25/h4-14,17H,15-16H2,1-3H3. The Labute approximate surface area is 203 Å². The van der Waals surface area contributed by atoms with E-state index in [-0.39, 0.29) is 22.1 Å². The summed E-state index contributed by atoms with van der Waals surface area (Å²) in [5, 5.41) is 0.565. The summed E-state index contributed by atoms with van der Waals surface area (Å²) >= 11 is 1.43. The van der Waals surface area contributed by atoms with Crippen molar-refractivity contribution in [2.75, 3.05) is 32.6 Å². The first-order valence-electron chi connectivity index (χ1n) is 10.6. The van der Waals surface area contributed by atoms with Crippen LogP contribution in [0.15, 0.2) is 77.7 Å². The Morgan fingerprint density at radius 2 is 1.71 bits per heavy atom. The average molecular weight is 496 g/mol. The van der Waals surface area contributed by atoms with Gasteiger partial charge in [0.15, 0.2) is 5.13 Å². The lowest BCUT2D eigenvalue weighted by molar-refractivity contribution is 0.0987. The Morgan fingerprint density at radius 3 is 2.38 bits per heavy atom. The zero-order valence-electron chi connectivity index (χ0n) is 19.1. The van der Waals surface area contributed by atoms with Gasteiger partial charge in [0.2, 0.25) is 10.0 Å². The molecule has 9 heteroatoms. The van der Waals surface area contributed by atoms with E-state index in [9.17, 15) is 13.2 Å². The first-order valence-corrected chi connectivity index (χ1v) is 12.9. The van der Waals surface area contributed by atoms with Gasteiger partial charge in [-0.05, 0) is 42.3 Å². The van der Waals surface area contributed by atoms with Crippen LogP contribution in [0.1, 0.15) is 15.9 Å². The third-order valence-corrected chi connectivity index (χ3v) is 8.29. The Morgan fingerprint density at radius 1 is 1.00 bits per heavy atom. The molecule has 0 unspecified atom stereocenters. The van der Waals surface area contributed by atoms with Gasteiger partial charge in [0.25, 0.3) is 5.91 Å². The lowest BCUT2D eigenvalue weighted by atomic mass is 10.1. The Kier molecular flexibility index (Phi) is 6.97. The van der Waals surface area contributed by atoms with Crippen LogP contribution >= 0.6 is 11.3 Å². The lowest BCUT2D eigenvalue weighted by Crippen LogP contribution is -2.33. The normalized spacial score (nSPS) is 11.6. The van der Waals surface area contributed by atoms with Crippen molar-refractivity contribution in [1.82, 2.24) is 9.29 Å². The molecule has 0 atom stereocenters. The van der Waals surface area contributed by atoms with E-state index in [1.165, 1.54) is 44.7 Å². The van der Waals surface area contributed by atoms with Gasteiger partial charge in [0, 0.05) is 26.2 Å². The Bertz CT molecular complexity index is 1380. The minimum absolute atomic E-state index is 0.0573. The largest absolute Gasteiger partial charge is 0.495 e. The van der Waals surface area contributed by atoms with Crippen molar-refractivity contribution in [2.45, 2.75) is 11.3 Å². The summed E-state index contributed by atoms with van der Waals surface area (Å²) in [5.74, 6) is -0.145. The Hall–Kier alpha value is -3.27. The second-order valence-electron chi connectivity index (χ2n) is 7.81. The summed E-state index contributed by atoms with van der Waals surface area (Å²) in [6, 6.07) is 22.1. The van der Waals surface area contributed by atoms with E-state index in [0.29, 0.717) is 18.1 Å². The molecule has 7 nitrogen and oxygen atoms in total. The van der Waals surface area contributed by atoms with Crippen molar-refractivity contribution in [3.05, 3.63) is 83.9 Å². The molecule has 0 spiro atoms. The zero-order valence-corrected chi connectivity index (χ0v) is 20.8. The van der Waals surface area contributed by atoms with Crippen molar-refractivity contribution in [1.29, 1.82) is 0 Å². The fourth-order valence-corrected chi connectivity index (χ4v) is 5.57. The van der Waals surface area contributed by atoms with Gasteiger partial charge in [-0.2, -0.15) is 0 Å². The fraction of sp³-hybridized carbons (Fsp3) is 0.200. The summed E-state index contributed by atoms with van der Waals surface area (Å²) in [5.41, 5.74) is 2.14. The molecule has 0 saturated heterocycles. The molecule has 0 aliphatic heterocycles. The van der Waals surface area contributed by atoms with Crippen molar-refractivity contribution in [2.24, 2.45) is 0 Å². The fourth-order valence-electron chi connectivity index (χ4n) is 3.51. The summed E-state index contributed by atoms with van der Waals surface area (Å²) in [7, 11) is 0.466. The monoisotopic (exact) mass is 495 g/mol. The molecule has 0 radical (unpaired) electrons. The second kappa shape index (κ2) is 9.92. The summed E-state index contributed by atoms with van der Waals surface area (Å²) in [4.78, 5) is 20.0. The van der Waals surface area contributed by atoms with Crippen LogP contribution in [0.5, 0.6) is 5.75 Å². The minimum Gasteiger partial charge on any atom is -0.495 e. The minimum atomic E-state index is -3.82. The maximum atomic E-state index is 13.7. The molecule has 0 aliphatic rings. The van der Waals surface area contributed by atoms with Crippen molar-refractivity contribution < 1.29 is 17.9 Å². The van der Waals surface area contributed by atoms with Gasteiger partial charge in [-0.15, -0.1) is 0 Å². The van der Waals surface area contributed by atoms with E-state index in [2.05, 4.69) is 4.98 Å². The predicted octanol–water partition coefficient (Wildman–Crippen LogP) is 4.44. The van der Waals surface area contributed by atoms with E-state index in [1.54, 1.807) is 11.0 Å². The van der Waals surface area contributed by atoms with E-state index < -0.39 is 10.0 Å². The maximum Gasteiger partial charge on any atom is 0.260 e. The third kappa shape index (κ3) is 4.82. The van der Waals surface area contributed by atoms with Crippen LogP contribution in [-0.4, -0.2) is 51.4 Å². The van der Waals surface area contributed by atoms with Gasteiger partial charge in [0.05, 0.1) is 17.3 Å². The van der Waals surface area contributed by atoms with E-state index in [0.717, 1.165) is 20.1 Å². The second-order valence-corrected chi connectivity index (χ2v) is 10.9. The van der Waals surface area contributed by atoms with E-state index in [4.69, 9.17) is 4.74 Å². The van der Waals surface area contributed by atoms with Crippen LogP contribution in [0, 0.1) is 0 Å². The van der Waals surface area contributed by atoms with E-state index in [1.807, 2.05) is 54.6 Å². The zero-order chi connectivity index (χ0) is 24.3. The topological polar surface area (TPSA) is 79.8 Å². The number of hydrogen-bond acceptors (Lipinski definition) is 6. The number of rotatable bonds is 8. The molecule has 4 aromatic rings. The molecule has 176 valence electrons. The molecule has 0 N–H and O–H groups in total. The lowest BCUT2D eigenvalue weighted by Gasteiger charge is -2.21. The number of nitrogens with zero attached hydrogens (tertiary/aromatic N) is 3. The molecule has 34 heavy (non-hydrogen) atoms. The number of benzene rings is 3. The number of hydrogen-bond donors (Lipinski definition) is 0. The highest BCUT2D eigenvalue weighted by molar-refractivity contribution is 7.89. The van der Waals surface area contributed by atoms with Crippen molar-refractivity contribution in [3.8, 4) is 5.75 Å². The molecule has 1 heterocycles. The SMILES string of the molecule is COc1ccc(C(=O)N(CCc2ccccc2)c2nc3ccccc3s2)cc1S(=O)(=O)N(C)C. The van der Waals surface area contributed by atoms with Crippen molar-refractivity contribution in [3.63, 3.8) is 0 Å². The quantitative estimate of drug-likeness (QED) is 0.361. The third-order valence-electron chi connectivity index (χ3n) is 5.39. The maximum absolute atomic E-state index is 13.7. The van der Waals surface area contributed by atoms with Gasteiger partial charge < -0.3 is 4.74 Å². The average Bonchev–Trinajstić information content (AvgIpc) is 3.28. The van der Waals surface area contributed by atoms with Crippen LogP contribution in [-0.2, 0) is 16.4 Å². The molecule has 0 bridgehead atoms. The molecule has 4 rings (SSSR count). The number of carbonyl (C=O) groups is 1. The first kappa shape index (κ1) is 23.9. The van der Waals surface area contributed by atoms with Crippen LogP contribution in [0.4, 0.5) is 5.13 Å². The molecular weight excluding hydrogens is 470 g/mol. The molecule has 3 aromatic carbocycles. The number of anilines is 1. The molecule has 0 fully saturated rings. The van der Waals surface area contributed by atoms with E-state index >= 15 is 0 Å². The van der Waals surface area contributed by atoms with Crippen LogP contribution in [0.2, 0.25) is 0 Å². The molecule has 0 aliphatic carbocycles. The predicted molar refractivity (Wildman–Crippen MR) is 135 cm³/mol. The highest BCUT2D eigenvalue weighted by Crippen LogP contribution is 2.32. The number of aromatic nitrogens is 1. The van der Waals surface area contributed by atoms with Gasteiger partial charge >= 0.3 is 0 Å². The van der Waals surface area contributed by atoms with Crippen LogP contribution in [0.25, 0.3) is 10.2 Å². The Balaban J connectivity index is 1.75. The summed E-state index contributed by atoms with van der Waals surface area (Å²) < 4.78 is 33.1. The first-order chi connectivity index (χ1) is 16.3. The highest BCUT2D eigenvalue weighted by atomic mass is 32.2. The molecular formula is C25H25N3O4S2. The van der Waals surface area contributed by atoms with Crippen LogP contribution in [0.3, 0.4) is 0 Å². The summed E-state index contributed by atoms with van der Waals surface area (Å²) in [6.45, 7) is 0.393. The van der Waals surface area contributed by atoms with Gasteiger partial charge in [-0.1, -0.05) is 53.8 Å². The van der Waals surface area contributed by atoms with Gasteiger partial charge in [-0.3, -0.25) is 9.69 Å². The van der Waals surface area contributed by atoms with Gasteiger partial charge in [0.1, 0.15) is 10.6 Å². The molecule has 0 saturated carbocycles. The number of carbonyl (C=O) groups excluding carboxylic acids is 1. The number of fused-ring (bicyclic) bond motifs is 1.